The number of carbonyl (C=O) groups is 1. The quantitative estimate of drug-likeness (QED) is 0.394. The molecule has 10 heteroatoms. The van der Waals surface area contributed by atoms with Crippen molar-refractivity contribution >= 4 is 68.0 Å². The lowest BCUT2D eigenvalue weighted by Crippen LogP contribution is -2.40. The van der Waals surface area contributed by atoms with Gasteiger partial charge in [0.1, 0.15) is 11.4 Å². The highest BCUT2D eigenvalue weighted by Gasteiger charge is 2.19. The molecule has 6 nitrogen and oxygen atoms in total. The van der Waals surface area contributed by atoms with Gasteiger partial charge in [0.2, 0.25) is 5.91 Å². The van der Waals surface area contributed by atoms with Gasteiger partial charge in [0.05, 0.1) is 26.8 Å². The van der Waals surface area contributed by atoms with Gasteiger partial charge in [-0.3, -0.25) is 14.2 Å². The molecule has 0 radical (unpaired) electrons. The zero-order chi connectivity index (χ0) is 23.0. The van der Waals surface area contributed by atoms with Crippen LogP contribution in [0.5, 0.6) is 0 Å². The monoisotopic (exact) mass is 507 g/mol. The second-order valence-corrected chi connectivity index (χ2v) is 9.26. The van der Waals surface area contributed by atoms with Crippen LogP contribution in [-0.4, -0.2) is 15.0 Å². The number of benzene rings is 2. The third-order valence-corrected chi connectivity index (χ3v) is 7.16. The summed E-state index contributed by atoms with van der Waals surface area (Å²) in [6.45, 7) is 1.64. The summed E-state index contributed by atoms with van der Waals surface area (Å²) < 4.78 is 2.31. The minimum absolute atomic E-state index is 0.202. The minimum Gasteiger partial charge on any atom is -0.323 e. The Morgan fingerprint density at radius 3 is 2.53 bits per heavy atom. The molecule has 164 valence electrons. The lowest BCUT2D eigenvalue weighted by atomic mass is 10.3. The molecule has 32 heavy (non-hydrogen) atoms. The molecule has 4 aromatic rings. The fraction of sp³-hybridized carbons (Fsp3) is 0.136. The van der Waals surface area contributed by atoms with Gasteiger partial charge in [-0.1, -0.05) is 53.9 Å². The highest BCUT2D eigenvalue weighted by Crippen LogP contribution is 2.29. The number of anilines is 1. The van der Waals surface area contributed by atoms with Crippen LogP contribution in [0.1, 0.15) is 11.8 Å². The maximum atomic E-state index is 13.4. The Kier molecular flexibility index (Phi) is 6.44. The molecule has 0 aliphatic heterocycles. The summed E-state index contributed by atoms with van der Waals surface area (Å²) in [5.74, 6) is -0.486. The van der Waals surface area contributed by atoms with Gasteiger partial charge in [-0.05, 0) is 42.8 Å². The first-order valence-corrected chi connectivity index (χ1v) is 11.5. The number of hydrogen-bond donors (Lipinski definition) is 1. The van der Waals surface area contributed by atoms with Crippen molar-refractivity contribution < 1.29 is 4.79 Å². The van der Waals surface area contributed by atoms with Crippen LogP contribution in [0.2, 0.25) is 15.1 Å². The van der Waals surface area contributed by atoms with Gasteiger partial charge in [-0.25, -0.2) is 9.36 Å². The first kappa shape index (κ1) is 22.6. The predicted molar refractivity (Wildman–Crippen MR) is 131 cm³/mol. The Bertz CT molecular complexity index is 1470. The Morgan fingerprint density at radius 2 is 1.81 bits per heavy atom. The van der Waals surface area contributed by atoms with Crippen LogP contribution in [0, 0.1) is 0 Å². The van der Waals surface area contributed by atoms with Gasteiger partial charge >= 0.3 is 5.69 Å². The molecule has 0 unspecified atom stereocenters. The number of nitrogens with zero attached hydrogens (tertiary/aromatic N) is 2. The van der Waals surface area contributed by atoms with E-state index < -0.39 is 17.2 Å². The molecule has 2 aromatic heterocycles. The standard InChI is InChI=1S/C22H16Cl3N3O3S/c1-2-14-10-15-20(30)28(13-6-3-5-12(23)9-13)22(31)27(21(15)32-14)11-18(29)26-17-8-4-7-16(24)19(17)25/h3-10H,2,11H2,1H3,(H,26,29). The second-order valence-electron chi connectivity index (χ2n) is 6.92. The number of aromatic nitrogens is 2. The number of thiophene rings is 1. The van der Waals surface area contributed by atoms with E-state index in [-0.39, 0.29) is 11.6 Å². The smallest absolute Gasteiger partial charge is 0.323 e. The van der Waals surface area contributed by atoms with Gasteiger partial charge in [-0.2, -0.15) is 0 Å². The molecule has 1 N–H and O–H groups in total. The Labute approximate surface area is 201 Å². The van der Waals surface area contributed by atoms with Crippen molar-refractivity contribution in [3.8, 4) is 5.69 Å². The molecule has 0 atom stereocenters. The molecule has 0 saturated heterocycles. The van der Waals surface area contributed by atoms with Crippen molar-refractivity contribution in [3.63, 3.8) is 0 Å². The Morgan fingerprint density at radius 1 is 1.06 bits per heavy atom. The average molecular weight is 509 g/mol. The van der Waals surface area contributed by atoms with Crippen LogP contribution in [-0.2, 0) is 17.8 Å². The lowest BCUT2D eigenvalue weighted by Gasteiger charge is -2.13. The number of hydrogen-bond acceptors (Lipinski definition) is 4. The van der Waals surface area contributed by atoms with Crippen molar-refractivity contribution in [1.29, 1.82) is 0 Å². The highest BCUT2D eigenvalue weighted by molar-refractivity contribution is 7.18. The molecule has 0 spiro atoms. The zero-order valence-corrected chi connectivity index (χ0v) is 19.8. The molecule has 2 aromatic carbocycles. The van der Waals surface area contributed by atoms with Crippen LogP contribution in [0.3, 0.4) is 0 Å². The van der Waals surface area contributed by atoms with Gasteiger partial charge in [0, 0.05) is 9.90 Å². The molecule has 1 amide bonds. The van der Waals surface area contributed by atoms with Crippen LogP contribution in [0.25, 0.3) is 15.9 Å². The highest BCUT2D eigenvalue weighted by atomic mass is 35.5. The van der Waals surface area contributed by atoms with E-state index in [0.29, 0.717) is 38.1 Å². The maximum absolute atomic E-state index is 13.4. The third-order valence-electron chi connectivity index (χ3n) is 4.81. The van der Waals surface area contributed by atoms with E-state index in [9.17, 15) is 14.4 Å². The first-order chi connectivity index (χ1) is 15.3. The number of aryl methyl sites for hydroxylation is 1. The van der Waals surface area contributed by atoms with E-state index in [1.807, 2.05) is 6.92 Å². The number of carbonyl (C=O) groups excluding carboxylic acids is 1. The molecule has 0 aliphatic carbocycles. The van der Waals surface area contributed by atoms with Crippen LogP contribution < -0.4 is 16.6 Å². The fourth-order valence-electron chi connectivity index (χ4n) is 3.29. The number of fused-ring (bicyclic) bond motifs is 1. The minimum atomic E-state index is -0.637. The van der Waals surface area contributed by atoms with Crippen molar-refractivity contribution in [3.05, 3.63) is 89.3 Å². The summed E-state index contributed by atoms with van der Waals surface area (Å²) in [7, 11) is 0. The molecular weight excluding hydrogens is 493 g/mol. The van der Waals surface area contributed by atoms with E-state index in [4.69, 9.17) is 34.8 Å². The summed E-state index contributed by atoms with van der Waals surface area (Å²) >= 11 is 19.6. The maximum Gasteiger partial charge on any atom is 0.337 e. The SMILES string of the molecule is CCc1cc2c(=O)n(-c3cccc(Cl)c3)c(=O)n(CC(=O)Nc3cccc(Cl)c3Cl)c2s1. The van der Waals surface area contributed by atoms with E-state index in [1.54, 1.807) is 42.5 Å². The lowest BCUT2D eigenvalue weighted by molar-refractivity contribution is -0.116. The second kappa shape index (κ2) is 9.11. The summed E-state index contributed by atoms with van der Waals surface area (Å²) in [4.78, 5) is 40.8. The van der Waals surface area contributed by atoms with E-state index in [0.717, 1.165) is 9.44 Å². The molecule has 4 rings (SSSR count). The van der Waals surface area contributed by atoms with Crippen molar-refractivity contribution in [1.82, 2.24) is 9.13 Å². The Hall–Kier alpha value is -2.58. The zero-order valence-electron chi connectivity index (χ0n) is 16.7. The molecule has 2 heterocycles. The number of nitrogens with one attached hydrogen (secondary N) is 1. The summed E-state index contributed by atoms with van der Waals surface area (Å²) in [6, 6.07) is 13.1. The molecule has 0 aliphatic rings. The first-order valence-electron chi connectivity index (χ1n) is 9.58. The molecule has 0 fully saturated rings. The van der Waals surface area contributed by atoms with E-state index in [2.05, 4.69) is 5.32 Å². The predicted octanol–water partition coefficient (Wildman–Crippen LogP) is 5.38. The Balaban J connectivity index is 1.85. The largest absolute Gasteiger partial charge is 0.337 e. The summed E-state index contributed by atoms with van der Waals surface area (Å²) in [5, 5.41) is 3.92. The molecular formula is C22H16Cl3N3O3S. The van der Waals surface area contributed by atoms with Gasteiger partial charge < -0.3 is 5.32 Å². The normalized spacial score (nSPS) is 11.1. The van der Waals surface area contributed by atoms with Crippen molar-refractivity contribution in [2.24, 2.45) is 0 Å². The van der Waals surface area contributed by atoms with E-state index >= 15 is 0 Å². The molecule has 0 bridgehead atoms. The van der Waals surface area contributed by atoms with Crippen LogP contribution >= 0.6 is 46.1 Å². The van der Waals surface area contributed by atoms with Crippen molar-refractivity contribution in [2.45, 2.75) is 19.9 Å². The topological polar surface area (TPSA) is 73.1 Å². The van der Waals surface area contributed by atoms with E-state index in [1.165, 1.54) is 22.0 Å². The van der Waals surface area contributed by atoms with Crippen molar-refractivity contribution in [2.75, 3.05) is 5.32 Å². The van der Waals surface area contributed by atoms with Crippen LogP contribution in [0.15, 0.2) is 58.1 Å². The van der Waals surface area contributed by atoms with Gasteiger partial charge in [-0.15, -0.1) is 11.3 Å². The number of halogens is 3. The number of rotatable bonds is 5. The molecule has 0 saturated carbocycles. The van der Waals surface area contributed by atoms with Crippen LogP contribution in [0.4, 0.5) is 5.69 Å². The average Bonchev–Trinajstić information content (AvgIpc) is 3.19. The fourth-order valence-corrected chi connectivity index (χ4v) is 4.90. The summed E-state index contributed by atoms with van der Waals surface area (Å²) in [5.41, 5.74) is -0.442. The van der Waals surface area contributed by atoms with Gasteiger partial charge in [0.25, 0.3) is 5.56 Å². The van der Waals surface area contributed by atoms with Gasteiger partial charge in [0.15, 0.2) is 0 Å². The third kappa shape index (κ3) is 4.21. The summed E-state index contributed by atoms with van der Waals surface area (Å²) in [6.07, 6.45) is 0.689. The number of amides is 1.